The SMILES string of the molecule is O=C(O)N1CCc2cn[nH]c2CC1. The van der Waals surface area contributed by atoms with E-state index in [2.05, 4.69) is 10.2 Å². The van der Waals surface area contributed by atoms with Crippen LogP contribution in [0, 0.1) is 0 Å². The van der Waals surface area contributed by atoms with Crippen LogP contribution in [-0.2, 0) is 12.8 Å². The van der Waals surface area contributed by atoms with E-state index in [1.54, 1.807) is 6.20 Å². The lowest BCUT2D eigenvalue weighted by Gasteiger charge is -2.14. The number of aromatic nitrogens is 2. The lowest BCUT2D eigenvalue weighted by Crippen LogP contribution is -2.31. The van der Waals surface area contributed by atoms with E-state index in [4.69, 9.17) is 5.11 Å². The predicted octanol–water partition coefficient (Wildman–Crippen LogP) is 0.488. The molecule has 0 saturated carbocycles. The highest BCUT2D eigenvalue weighted by Crippen LogP contribution is 2.12. The number of nitrogens with one attached hydrogen (secondary N) is 1. The second kappa shape index (κ2) is 3.08. The highest BCUT2D eigenvalue weighted by atomic mass is 16.4. The molecular formula is C8H11N3O2. The van der Waals surface area contributed by atoms with Gasteiger partial charge in [-0.1, -0.05) is 0 Å². The van der Waals surface area contributed by atoms with Gasteiger partial charge in [-0.25, -0.2) is 4.79 Å². The van der Waals surface area contributed by atoms with Crippen LogP contribution in [0.4, 0.5) is 4.79 Å². The van der Waals surface area contributed by atoms with Crippen molar-refractivity contribution in [2.45, 2.75) is 12.8 Å². The van der Waals surface area contributed by atoms with Crippen molar-refractivity contribution < 1.29 is 9.90 Å². The summed E-state index contributed by atoms with van der Waals surface area (Å²) in [6, 6.07) is 0. The first-order valence-electron chi connectivity index (χ1n) is 4.26. The number of nitrogens with zero attached hydrogens (tertiary/aromatic N) is 2. The Labute approximate surface area is 75.4 Å². The molecule has 0 bridgehead atoms. The molecule has 0 unspecified atom stereocenters. The number of fused-ring (bicyclic) bond motifs is 1. The largest absolute Gasteiger partial charge is 0.465 e. The normalized spacial score (nSPS) is 16.5. The summed E-state index contributed by atoms with van der Waals surface area (Å²) in [5.74, 6) is 0. The molecule has 0 aromatic carbocycles. The fourth-order valence-corrected chi connectivity index (χ4v) is 1.57. The number of aromatic amines is 1. The minimum atomic E-state index is -0.835. The summed E-state index contributed by atoms with van der Waals surface area (Å²) in [5.41, 5.74) is 2.22. The summed E-state index contributed by atoms with van der Waals surface area (Å²) in [7, 11) is 0. The van der Waals surface area contributed by atoms with Gasteiger partial charge in [-0.05, 0) is 12.0 Å². The van der Waals surface area contributed by atoms with Gasteiger partial charge in [0.15, 0.2) is 0 Å². The number of hydrogen-bond donors (Lipinski definition) is 2. The minimum Gasteiger partial charge on any atom is -0.465 e. The maximum atomic E-state index is 10.7. The van der Waals surface area contributed by atoms with Gasteiger partial charge in [-0.3, -0.25) is 5.10 Å². The van der Waals surface area contributed by atoms with Gasteiger partial charge in [0.25, 0.3) is 0 Å². The molecule has 0 saturated heterocycles. The van der Waals surface area contributed by atoms with Gasteiger partial charge >= 0.3 is 6.09 Å². The molecule has 13 heavy (non-hydrogen) atoms. The van der Waals surface area contributed by atoms with Gasteiger partial charge < -0.3 is 10.0 Å². The first kappa shape index (κ1) is 8.10. The van der Waals surface area contributed by atoms with E-state index in [0.717, 1.165) is 24.1 Å². The summed E-state index contributed by atoms with van der Waals surface area (Å²) in [4.78, 5) is 12.1. The third-order valence-electron chi connectivity index (χ3n) is 2.36. The maximum Gasteiger partial charge on any atom is 0.407 e. The van der Waals surface area contributed by atoms with E-state index in [-0.39, 0.29) is 0 Å². The zero-order valence-corrected chi connectivity index (χ0v) is 7.16. The average molecular weight is 181 g/mol. The molecule has 1 aliphatic heterocycles. The number of carbonyl (C=O) groups is 1. The average Bonchev–Trinajstić information content (AvgIpc) is 2.44. The number of H-pyrrole nitrogens is 1. The van der Waals surface area contributed by atoms with Crippen molar-refractivity contribution in [2.24, 2.45) is 0 Å². The summed E-state index contributed by atoms with van der Waals surface area (Å²) in [6.07, 6.45) is 2.44. The van der Waals surface area contributed by atoms with Crippen LogP contribution in [0.2, 0.25) is 0 Å². The van der Waals surface area contributed by atoms with Crippen LogP contribution < -0.4 is 0 Å². The van der Waals surface area contributed by atoms with Gasteiger partial charge in [-0.15, -0.1) is 0 Å². The van der Waals surface area contributed by atoms with Gasteiger partial charge in [0, 0.05) is 25.2 Å². The highest BCUT2D eigenvalue weighted by molar-refractivity contribution is 5.65. The molecule has 70 valence electrons. The van der Waals surface area contributed by atoms with Crippen LogP contribution in [0.3, 0.4) is 0 Å². The molecule has 2 heterocycles. The topological polar surface area (TPSA) is 69.2 Å². The van der Waals surface area contributed by atoms with Crippen LogP contribution >= 0.6 is 0 Å². The molecule has 1 aromatic rings. The molecule has 1 aromatic heterocycles. The quantitative estimate of drug-likeness (QED) is 0.612. The molecule has 2 N–H and O–H groups in total. The third-order valence-corrected chi connectivity index (χ3v) is 2.36. The van der Waals surface area contributed by atoms with E-state index in [1.165, 1.54) is 4.90 Å². The van der Waals surface area contributed by atoms with E-state index in [0.29, 0.717) is 13.1 Å². The van der Waals surface area contributed by atoms with Gasteiger partial charge in [0.05, 0.1) is 6.20 Å². The Morgan fingerprint density at radius 1 is 1.54 bits per heavy atom. The standard InChI is InChI=1S/C8H11N3O2/c12-8(13)11-3-1-6-5-9-10-7(6)2-4-11/h5H,1-4H2,(H,9,10)(H,12,13). The Kier molecular flexibility index (Phi) is 1.92. The summed E-state index contributed by atoms with van der Waals surface area (Å²) in [5, 5.41) is 15.6. The number of hydrogen-bond acceptors (Lipinski definition) is 2. The molecule has 2 rings (SSSR count). The van der Waals surface area contributed by atoms with Crippen molar-refractivity contribution in [1.29, 1.82) is 0 Å². The third kappa shape index (κ3) is 1.49. The van der Waals surface area contributed by atoms with E-state index >= 15 is 0 Å². The van der Waals surface area contributed by atoms with E-state index in [1.807, 2.05) is 0 Å². The molecule has 0 fully saturated rings. The summed E-state index contributed by atoms with van der Waals surface area (Å²) in [6.45, 7) is 1.13. The Hall–Kier alpha value is -1.52. The van der Waals surface area contributed by atoms with Crippen LogP contribution in [0.25, 0.3) is 0 Å². The zero-order valence-electron chi connectivity index (χ0n) is 7.16. The highest BCUT2D eigenvalue weighted by Gasteiger charge is 2.18. The summed E-state index contributed by atoms with van der Waals surface area (Å²) >= 11 is 0. The van der Waals surface area contributed by atoms with Crippen LogP contribution in [0.5, 0.6) is 0 Å². The van der Waals surface area contributed by atoms with E-state index < -0.39 is 6.09 Å². The molecule has 0 radical (unpaired) electrons. The van der Waals surface area contributed by atoms with Crippen LogP contribution in [0.15, 0.2) is 6.20 Å². The lowest BCUT2D eigenvalue weighted by molar-refractivity contribution is 0.147. The van der Waals surface area contributed by atoms with Gasteiger partial charge in [-0.2, -0.15) is 5.10 Å². The Bertz CT molecular complexity index is 298. The zero-order chi connectivity index (χ0) is 9.26. The molecule has 0 aliphatic carbocycles. The summed E-state index contributed by atoms with van der Waals surface area (Å²) < 4.78 is 0. The fraction of sp³-hybridized carbons (Fsp3) is 0.500. The molecule has 0 spiro atoms. The monoisotopic (exact) mass is 181 g/mol. The second-order valence-corrected chi connectivity index (χ2v) is 3.14. The number of carboxylic acid groups (broad SMARTS) is 1. The minimum absolute atomic E-state index is 0.560. The number of rotatable bonds is 0. The second-order valence-electron chi connectivity index (χ2n) is 3.14. The molecule has 1 amide bonds. The lowest BCUT2D eigenvalue weighted by atomic mass is 10.2. The maximum absolute atomic E-state index is 10.7. The first-order valence-corrected chi connectivity index (χ1v) is 4.26. The van der Waals surface area contributed by atoms with Crippen molar-refractivity contribution in [3.63, 3.8) is 0 Å². The van der Waals surface area contributed by atoms with Gasteiger partial charge in [0.1, 0.15) is 0 Å². The molecule has 1 aliphatic rings. The fourth-order valence-electron chi connectivity index (χ4n) is 1.57. The van der Waals surface area contributed by atoms with E-state index in [9.17, 15) is 4.79 Å². The van der Waals surface area contributed by atoms with Crippen LogP contribution in [0.1, 0.15) is 11.3 Å². The first-order chi connectivity index (χ1) is 6.27. The van der Waals surface area contributed by atoms with Crippen LogP contribution in [-0.4, -0.2) is 39.4 Å². The Balaban J connectivity index is 2.12. The predicted molar refractivity (Wildman–Crippen MR) is 45.6 cm³/mol. The van der Waals surface area contributed by atoms with Gasteiger partial charge in [0.2, 0.25) is 0 Å². The molecule has 5 heteroatoms. The van der Waals surface area contributed by atoms with Crippen molar-refractivity contribution >= 4 is 6.09 Å². The smallest absolute Gasteiger partial charge is 0.407 e. The van der Waals surface area contributed by atoms with Crippen molar-refractivity contribution in [3.8, 4) is 0 Å². The number of amides is 1. The molecule has 5 nitrogen and oxygen atoms in total. The van der Waals surface area contributed by atoms with Crippen molar-refractivity contribution in [3.05, 3.63) is 17.5 Å². The van der Waals surface area contributed by atoms with Crippen molar-refractivity contribution in [1.82, 2.24) is 15.1 Å². The molecular weight excluding hydrogens is 170 g/mol. The molecule has 0 atom stereocenters. The van der Waals surface area contributed by atoms with Crippen molar-refractivity contribution in [2.75, 3.05) is 13.1 Å². The Morgan fingerprint density at radius 3 is 3.08 bits per heavy atom. The Morgan fingerprint density at radius 2 is 2.31 bits per heavy atom.